The van der Waals surface area contributed by atoms with Crippen molar-refractivity contribution >= 4 is 34.4 Å². The molecule has 0 aromatic heterocycles. The van der Waals surface area contributed by atoms with Crippen LogP contribution in [0.5, 0.6) is 0 Å². The molecule has 4 rings (SSSR count). The molecule has 122 valence electrons. The van der Waals surface area contributed by atoms with Gasteiger partial charge in [0.1, 0.15) is 10.8 Å². The van der Waals surface area contributed by atoms with Crippen LogP contribution in [0.2, 0.25) is 0 Å². The number of carbonyl (C=O) groups excluding carboxylic acids is 1. The van der Waals surface area contributed by atoms with Crippen molar-refractivity contribution in [3.63, 3.8) is 0 Å². The first-order valence-corrected chi connectivity index (χ1v) is 8.50. The van der Waals surface area contributed by atoms with Gasteiger partial charge in [0.25, 0.3) is 0 Å². The van der Waals surface area contributed by atoms with Crippen LogP contribution in [0, 0.1) is 5.92 Å². The molecule has 3 unspecified atom stereocenters. The van der Waals surface area contributed by atoms with Gasteiger partial charge in [0.05, 0.1) is 31.5 Å². The molecule has 0 bridgehead atoms. The Kier molecular flexibility index (Phi) is 3.57. The van der Waals surface area contributed by atoms with E-state index in [0.717, 1.165) is 17.0 Å². The van der Waals surface area contributed by atoms with Crippen LogP contribution in [0.1, 0.15) is 5.56 Å². The summed E-state index contributed by atoms with van der Waals surface area (Å²) in [7, 11) is 2.97. The number of hydrogen-bond donors (Lipinski definition) is 0. The summed E-state index contributed by atoms with van der Waals surface area (Å²) >= 11 is 1.31. The smallest absolute Gasteiger partial charge is 0.322 e. The quantitative estimate of drug-likeness (QED) is 0.738. The molecule has 0 amide bonds. The first-order valence-electron chi connectivity index (χ1n) is 7.62. The van der Waals surface area contributed by atoms with Gasteiger partial charge in [-0.3, -0.25) is 9.79 Å². The molecule has 1 aromatic carbocycles. The summed E-state index contributed by atoms with van der Waals surface area (Å²) in [6.07, 6.45) is 7.95. The van der Waals surface area contributed by atoms with Crippen molar-refractivity contribution in [2.75, 3.05) is 14.2 Å². The van der Waals surface area contributed by atoms with Gasteiger partial charge in [0.15, 0.2) is 0 Å². The Balaban J connectivity index is 2.00. The minimum atomic E-state index is -0.808. The van der Waals surface area contributed by atoms with Crippen molar-refractivity contribution in [3.8, 4) is 0 Å². The second-order valence-electron chi connectivity index (χ2n) is 5.70. The molecule has 6 heteroatoms. The summed E-state index contributed by atoms with van der Waals surface area (Å²) in [5.41, 5.74) is 1.85. The number of rotatable bonds is 1. The van der Waals surface area contributed by atoms with E-state index in [9.17, 15) is 4.79 Å². The third-order valence-corrected chi connectivity index (χ3v) is 5.79. The predicted molar refractivity (Wildman–Crippen MR) is 94.8 cm³/mol. The van der Waals surface area contributed by atoms with Crippen LogP contribution in [0.15, 0.2) is 58.6 Å². The highest BCUT2D eigenvalue weighted by Gasteiger charge is 2.59. The lowest BCUT2D eigenvalue weighted by Gasteiger charge is -2.41. The Morgan fingerprint density at radius 1 is 1.25 bits per heavy atom. The summed E-state index contributed by atoms with van der Waals surface area (Å²) in [6, 6.07) is 7.82. The van der Waals surface area contributed by atoms with Crippen LogP contribution < -0.4 is 0 Å². The van der Waals surface area contributed by atoms with Gasteiger partial charge in [0.2, 0.25) is 5.23 Å². The summed E-state index contributed by atoms with van der Waals surface area (Å²) in [6.45, 7) is 0. The molecular formula is C18H16N2O3S. The largest absolute Gasteiger partial charge is 0.476 e. The van der Waals surface area contributed by atoms with Crippen molar-refractivity contribution in [3.05, 3.63) is 54.1 Å². The molecular weight excluding hydrogens is 324 g/mol. The molecule has 24 heavy (non-hydrogen) atoms. The van der Waals surface area contributed by atoms with Gasteiger partial charge in [-0.05, 0) is 23.9 Å². The fourth-order valence-electron chi connectivity index (χ4n) is 3.52. The van der Waals surface area contributed by atoms with E-state index in [2.05, 4.69) is 0 Å². The van der Waals surface area contributed by atoms with Crippen LogP contribution in [-0.4, -0.2) is 36.4 Å². The van der Waals surface area contributed by atoms with E-state index in [0.29, 0.717) is 5.23 Å². The fraction of sp³-hybridized carbons (Fsp3) is 0.278. The number of allylic oxidation sites excluding steroid dienone is 3. The number of fused-ring (bicyclic) bond motifs is 4. The maximum atomic E-state index is 12.6. The van der Waals surface area contributed by atoms with Gasteiger partial charge < -0.3 is 9.47 Å². The number of benzene rings is 1. The maximum Gasteiger partial charge on any atom is 0.322 e. The zero-order valence-corrected chi connectivity index (χ0v) is 14.1. The van der Waals surface area contributed by atoms with Crippen LogP contribution in [0.25, 0.3) is 0 Å². The van der Waals surface area contributed by atoms with Crippen LogP contribution in [0.4, 0.5) is 5.69 Å². The third kappa shape index (κ3) is 1.99. The van der Waals surface area contributed by atoms with E-state index in [4.69, 9.17) is 19.5 Å². The Bertz CT molecular complexity index is 827. The number of esters is 1. The molecule has 0 fully saturated rings. The molecule has 3 atom stereocenters. The SMILES string of the molecule is COC(=O)C1SC(OC)=NC12c1ccccc1N=C1C=CC=CC12. The Morgan fingerprint density at radius 3 is 2.88 bits per heavy atom. The van der Waals surface area contributed by atoms with E-state index in [1.54, 1.807) is 7.11 Å². The lowest BCUT2D eigenvalue weighted by molar-refractivity contribution is -0.141. The van der Waals surface area contributed by atoms with E-state index >= 15 is 0 Å². The number of ether oxygens (including phenoxy) is 2. The van der Waals surface area contributed by atoms with Gasteiger partial charge >= 0.3 is 5.97 Å². The number of para-hydroxylation sites is 1. The Morgan fingerprint density at radius 2 is 2.08 bits per heavy atom. The number of nitrogens with zero attached hydrogens (tertiary/aromatic N) is 2. The molecule has 0 N–H and O–H groups in total. The average Bonchev–Trinajstić information content (AvgIpc) is 3.02. The van der Waals surface area contributed by atoms with E-state index in [1.807, 2.05) is 48.6 Å². The minimum absolute atomic E-state index is 0.137. The van der Waals surface area contributed by atoms with Crippen molar-refractivity contribution in [1.29, 1.82) is 0 Å². The highest BCUT2D eigenvalue weighted by Crippen LogP contribution is 2.55. The van der Waals surface area contributed by atoms with Crippen molar-refractivity contribution in [2.45, 2.75) is 10.8 Å². The third-order valence-electron chi connectivity index (χ3n) is 4.54. The van der Waals surface area contributed by atoms with Crippen LogP contribution in [-0.2, 0) is 19.8 Å². The number of thioether (sulfide) groups is 1. The second kappa shape index (κ2) is 5.63. The number of carbonyl (C=O) groups is 1. The standard InChI is InChI=1S/C18H16N2O3S/c1-22-16(21)15-18(20-17(23-2)24-15)11-7-3-5-9-13(11)19-14-10-6-4-8-12(14)18/h3-11,15H,1-2H3. The van der Waals surface area contributed by atoms with Gasteiger partial charge in [-0.2, -0.15) is 0 Å². The highest BCUT2D eigenvalue weighted by atomic mass is 32.2. The first kappa shape index (κ1) is 15.2. The van der Waals surface area contributed by atoms with Gasteiger partial charge in [-0.1, -0.05) is 36.4 Å². The average molecular weight is 340 g/mol. The molecule has 0 saturated heterocycles. The first-order chi connectivity index (χ1) is 11.7. The molecule has 3 aliphatic rings. The lowest BCUT2D eigenvalue weighted by Crippen LogP contribution is -2.48. The van der Waals surface area contributed by atoms with Gasteiger partial charge in [-0.15, -0.1) is 0 Å². The second-order valence-corrected chi connectivity index (χ2v) is 6.76. The number of hydrogen-bond acceptors (Lipinski definition) is 6. The summed E-state index contributed by atoms with van der Waals surface area (Å²) in [4.78, 5) is 22.2. The topological polar surface area (TPSA) is 60.2 Å². The molecule has 0 saturated carbocycles. The highest BCUT2D eigenvalue weighted by molar-refractivity contribution is 8.15. The van der Waals surface area contributed by atoms with Gasteiger partial charge in [-0.25, -0.2) is 4.99 Å². The number of methoxy groups -OCH3 is 2. The molecule has 1 spiro atoms. The van der Waals surface area contributed by atoms with E-state index in [1.165, 1.54) is 18.9 Å². The summed E-state index contributed by atoms with van der Waals surface area (Å²) in [5, 5.41) is -0.0327. The fourth-order valence-corrected chi connectivity index (χ4v) is 4.72. The van der Waals surface area contributed by atoms with Crippen molar-refractivity contribution in [1.82, 2.24) is 0 Å². The lowest BCUT2D eigenvalue weighted by atomic mass is 9.70. The molecule has 1 aromatic rings. The monoisotopic (exact) mass is 340 g/mol. The molecule has 0 radical (unpaired) electrons. The molecule has 5 nitrogen and oxygen atoms in total. The van der Waals surface area contributed by atoms with Crippen molar-refractivity contribution in [2.24, 2.45) is 15.9 Å². The molecule has 2 heterocycles. The van der Waals surface area contributed by atoms with Crippen molar-refractivity contribution < 1.29 is 14.3 Å². The van der Waals surface area contributed by atoms with E-state index < -0.39 is 10.8 Å². The zero-order valence-electron chi connectivity index (χ0n) is 13.3. The predicted octanol–water partition coefficient (Wildman–Crippen LogP) is 3.00. The summed E-state index contributed by atoms with van der Waals surface area (Å²) < 4.78 is 10.5. The van der Waals surface area contributed by atoms with Gasteiger partial charge in [0, 0.05) is 5.56 Å². The van der Waals surface area contributed by atoms with E-state index in [-0.39, 0.29) is 11.9 Å². The molecule has 2 aliphatic heterocycles. The minimum Gasteiger partial charge on any atom is -0.476 e. The normalized spacial score (nSPS) is 29.6. The number of aliphatic imine (C=N–C) groups is 2. The zero-order chi connectivity index (χ0) is 16.7. The van der Waals surface area contributed by atoms with Crippen LogP contribution in [0.3, 0.4) is 0 Å². The Hall–Kier alpha value is -2.34. The maximum absolute atomic E-state index is 12.6. The Labute approximate surface area is 144 Å². The summed E-state index contributed by atoms with van der Waals surface area (Å²) in [5.74, 6) is -0.448. The van der Waals surface area contributed by atoms with Crippen LogP contribution >= 0.6 is 11.8 Å². The molecule has 1 aliphatic carbocycles.